The van der Waals surface area contributed by atoms with Gasteiger partial charge in [0.1, 0.15) is 0 Å². The van der Waals surface area contributed by atoms with E-state index in [-0.39, 0.29) is 0 Å². The first-order valence-corrected chi connectivity index (χ1v) is 7.83. The van der Waals surface area contributed by atoms with Crippen LogP contribution in [0.25, 0.3) is 0 Å². The number of likely N-dealkylation sites (tertiary alicyclic amines) is 1. The first-order valence-electron chi connectivity index (χ1n) is 7.83. The van der Waals surface area contributed by atoms with Gasteiger partial charge in [-0.2, -0.15) is 0 Å². The van der Waals surface area contributed by atoms with E-state index in [0.29, 0.717) is 6.04 Å². The molecule has 0 bridgehead atoms. The van der Waals surface area contributed by atoms with Gasteiger partial charge in [0, 0.05) is 12.1 Å². The van der Waals surface area contributed by atoms with Gasteiger partial charge in [0.25, 0.3) is 0 Å². The minimum atomic E-state index is 0.696. The highest BCUT2D eigenvalue weighted by molar-refractivity contribution is 5.30. The largest absolute Gasteiger partial charge is 0.314 e. The number of benzene rings is 1. The zero-order valence-electron chi connectivity index (χ0n) is 12.1. The minimum absolute atomic E-state index is 0.696. The number of aryl methyl sites for hydroxylation is 1. The van der Waals surface area contributed by atoms with E-state index < -0.39 is 0 Å². The molecule has 1 aliphatic heterocycles. The minimum Gasteiger partial charge on any atom is -0.314 e. The van der Waals surface area contributed by atoms with Crippen molar-refractivity contribution in [2.45, 2.75) is 50.6 Å². The highest BCUT2D eigenvalue weighted by Gasteiger charge is 2.21. The van der Waals surface area contributed by atoms with Gasteiger partial charge in [-0.3, -0.25) is 0 Å². The molecule has 104 valence electrons. The monoisotopic (exact) mass is 258 g/mol. The van der Waals surface area contributed by atoms with E-state index in [2.05, 4.69) is 41.5 Å². The summed E-state index contributed by atoms with van der Waals surface area (Å²) >= 11 is 0. The Morgan fingerprint density at radius 3 is 2.84 bits per heavy atom. The number of rotatable bonds is 4. The first-order chi connectivity index (χ1) is 9.33. The third-order valence-electron chi connectivity index (χ3n) is 4.93. The maximum Gasteiger partial charge on any atom is 0.0111 e. The topological polar surface area (TPSA) is 15.3 Å². The van der Waals surface area contributed by atoms with E-state index in [1.807, 2.05) is 0 Å². The van der Waals surface area contributed by atoms with E-state index in [9.17, 15) is 0 Å². The van der Waals surface area contributed by atoms with Crippen LogP contribution in [-0.4, -0.2) is 37.1 Å². The maximum absolute atomic E-state index is 3.78. The number of hydrogen-bond acceptors (Lipinski definition) is 2. The van der Waals surface area contributed by atoms with Crippen molar-refractivity contribution >= 4 is 0 Å². The van der Waals surface area contributed by atoms with Crippen LogP contribution in [0, 0.1) is 0 Å². The lowest BCUT2D eigenvalue weighted by Crippen LogP contribution is -2.37. The van der Waals surface area contributed by atoms with Crippen LogP contribution in [0.15, 0.2) is 24.3 Å². The molecule has 0 radical (unpaired) electrons. The Bertz CT molecular complexity index is 415. The van der Waals surface area contributed by atoms with E-state index in [1.54, 1.807) is 11.1 Å². The van der Waals surface area contributed by atoms with Crippen molar-refractivity contribution in [2.75, 3.05) is 20.1 Å². The van der Waals surface area contributed by atoms with Crippen LogP contribution >= 0.6 is 0 Å². The van der Waals surface area contributed by atoms with Gasteiger partial charge in [-0.05, 0) is 69.8 Å². The van der Waals surface area contributed by atoms with Crippen molar-refractivity contribution in [3.05, 3.63) is 35.4 Å². The molecule has 1 saturated heterocycles. The maximum atomic E-state index is 3.78. The SMILES string of the molecule is CN1CCCC1CCNC1CCc2ccccc2C1. The molecule has 2 aliphatic rings. The fraction of sp³-hybridized carbons (Fsp3) is 0.647. The van der Waals surface area contributed by atoms with Crippen LogP contribution < -0.4 is 5.32 Å². The third-order valence-corrected chi connectivity index (χ3v) is 4.93. The lowest BCUT2D eigenvalue weighted by atomic mass is 9.88. The fourth-order valence-electron chi connectivity index (χ4n) is 3.67. The molecule has 1 aliphatic carbocycles. The van der Waals surface area contributed by atoms with E-state index in [4.69, 9.17) is 0 Å². The van der Waals surface area contributed by atoms with Crippen molar-refractivity contribution in [1.82, 2.24) is 10.2 Å². The molecular formula is C17H26N2. The van der Waals surface area contributed by atoms with Gasteiger partial charge in [0.2, 0.25) is 0 Å². The Labute approximate surface area is 117 Å². The summed E-state index contributed by atoms with van der Waals surface area (Å²) in [5.41, 5.74) is 3.13. The summed E-state index contributed by atoms with van der Waals surface area (Å²) in [6.07, 6.45) is 7.86. The molecule has 2 atom stereocenters. The molecule has 2 nitrogen and oxygen atoms in total. The van der Waals surface area contributed by atoms with Gasteiger partial charge in [0.05, 0.1) is 0 Å². The second kappa shape index (κ2) is 6.06. The average Bonchev–Trinajstić information content (AvgIpc) is 2.84. The zero-order chi connectivity index (χ0) is 13.1. The molecular weight excluding hydrogens is 232 g/mol. The molecule has 1 N–H and O–H groups in total. The average molecular weight is 258 g/mol. The van der Waals surface area contributed by atoms with Gasteiger partial charge in [-0.15, -0.1) is 0 Å². The summed E-state index contributed by atoms with van der Waals surface area (Å²) in [6, 6.07) is 10.5. The van der Waals surface area contributed by atoms with Crippen LogP contribution in [-0.2, 0) is 12.8 Å². The summed E-state index contributed by atoms with van der Waals surface area (Å²) in [5, 5.41) is 3.78. The number of nitrogens with one attached hydrogen (secondary N) is 1. The molecule has 0 aromatic heterocycles. The van der Waals surface area contributed by atoms with E-state index in [0.717, 1.165) is 6.04 Å². The summed E-state index contributed by atoms with van der Waals surface area (Å²) in [5.74, 6) is 0. The molecule has 3 rings (SSSR count). The second-order valence-corrected chi connectivity index (χ2v) is 6.23. The molecule has 2 heteroatoms. The third kappa shape index (κ3) is 3.18. The van der Waals surface area contributed by atoms with Crippen molar-refractivity contribution < 1.29 is 0 Å². The summed E-state index contributed by atoms with van der Waals surface area (Å²) < 4.78 is 0. The Kier molecular flexibility index (Phi) is 4.19. The standard InChI is InChI=1S/C17H26N2/c1-19-12-4-7-17(19)10-11-18-16-9-8-14-5-2-3-6-15(14)13-16/h2-3,5-6,16-18H,4,7-13H2,1H3. The van der Waals surface area contributed by atoms with Crippen LogP contribution in [0.2, 0.25) is 0 Å². The van der Waals surface area contributed by atoms with Gasteiger partial charge in [-0.1, -0.05) is 24.3 Å². The predicted octanol–water partition coefficient (Wildman–Crippen LogP) is 2.62. The Hall–Kier alpha value is -0.860. The molecule has 19 heavy (non-hydrogen) atoms. The summed E-state index contributed by atoms with van der Waals surface area (Å²) in [6.45, 7) is 2.48. The number of hydrogen-bond donors (Lipinski definition) is 1. The summed E-state index contributed by atoms with van der Waals surface area (Å²) in [7, 11) is 2.27. The lowest BCUT2D eigenvalue weighted by Gasteiger charge is -2.27. The normalized spacial score (nSPS) is 27.4. The molecule has 0 saturated carbocycles. The number of fused-ring (bicyclic) bond motifs is 1. The molecule has 1 aromatic carbocycles. The Balaban J connectivity index is 1.45. The van der Waals surface area contributed by atoms with Crippen LogP contribution in [0.1, 0.15) is 36.8 Å². The molecule has 0 amide bonds. The van der Waals surface area contributed by atoms with Gasteiger partial charge >= 0.3 is 0 Å². The molecule has 1 aromatic rings. The van der Waals surface area contributed by atoms with Gasteiger partial charge in [-0.25, -0.2) is 0 Å². The highest BCUT2D eigenvalue weighted by atomic mass is 15.1. The van der Waals surface area contributed by atoms with E-state index >= 15 is 0 Å². The zero-order valence-corrected chi connectivity index (χ0v) is 12.1. The van der Waals surface area contributed by atoms with Crippen molar-refractivity contribution in [2.24, 2.45) is 0 Å². The fourth-order valence-corrected chi connectivity index (χ4v) is 3.67. The van der Waals surface area contributed by atoms with Gasteiger partial charge in [0.15, 0.2) is 0 Å². The smallest absolute Gasteiger partial charge is 0.0111 e. The Morgan fingerprint density at radius 1 is 1.21 bits per heavy atom. The predicted molar refractivity (Wildman–Crippen MR) is 80.5 cm³/mol. The molecule has 0 spiro atoms. The first kappa shape index (κ1) is 13.1. The van der Waals surface area contributed by atoms with Crippen LogP contribution in [0.4, 0.5) is 0 Å². The molecule has 2 unspecified atom stereocenters. The number of nitrogens with zero attached hydrogens (tertiary/aromatic N) is 1. The van der Waals surface area contributed by atoms with Crippen molar-refractivity contribution in [3.8, 4) is 0 Å². The summed E-state index contributed by atoms with van der Waals surface area (Å²) in [4.78, 5) is 2.53. The second-order valence-electron chi connectivity index (χ2n) is 6.23. The lowest BCUT2D eigenvalue weighted by molar-refractivity contribution is 0.288. The van der Waals surface area contributed by atoms with Gasteiger partial charge < -0.3 is 10.2 Å². The van der Waals surface area contributed by atoms with Crippen molar-refractivity contribution in [1.29, 1.82) is 0 Å². The Morgan fingerprint density at radius 2 is 2.05 bits per heavy atom. The van der Waals surface area contributed by atoms with Crippen LogP contribution in [0.5, 0.6) is 0 Å². The highest BCUT2D eigenvalue weighted by Crippen LogP contribution is 2.21. The molecule has 1 heterocycles. The van der Waals surface area contributed by atoms with Crippen molar-refractivity contribution in [3.63, 3.8) is 0 Å². The molecule has 1 fully saturated rings. The quantitative estimate of drug-likeness (QED) is 0.893. The van der Waals surface area contributed by atoms with E-state index in [1.165, 1.54) is 51.6 Å². The van der Waals surface area contributed by atoms with Crippen LogP contribution in [0.3, 0.4) is 0 Å².